The molecule has 0 spiro atoms. The van der Waals surface area contributed by atoms with Gasteiger partial charge >= 0.3 is 17.9 Å². The molecule has 6 heteroatoms. The fraction of sp³-hybridized carbons (Fsp3) is 0.615. The maximum atomic E-state index is 12.9. The van der Waals surface area contributed by atoms with Crippen LogP contribution in [0.4, 0.5) is 0 Å². The monoisotopic (exact) mass is 981 g/mol. The molecule has 0 aliphatic rings. The van der Waals surface area contributed by atoms with Gasteiger partial charge in [0, 0.05) is 19.3 Å². The molecule has 0 heterocycles. The lowest BCUT2D eigenvalue weighted by Gasteiger charge is -2.18. The number of allylic oxidation sites excluding steroid dienone is 22. The number of rotatable bonds is 50. The first kappa shape index (κ1) is 66.6. The number of carbonyl (C=O) groups is 3. The molecule has 6 nitrogen and oxygen atoms in total. The van der Waals surface area contributed by atoms with Gasteiger partial charge in [0.15, 0.2) is 6.10 Å². The lowest BCUT2D eigenvalue weighted by Crippen LogP contribution is -2.30. The summed E-state index contributed by atoms with van der Waals surface area (Å²) in [7, 11) is 0. The van der Waals surface area contributed by atoms with Gasteiger partial charge in [0.2, 0.25) is 0 Å². The van der Waals surface area contributed by atoms with Crippen molar-refractivity contribution < 1.29 is 28.6 Å². The fourth-order valence-electron chi connectivity index (χ4n) is 7.52. The molecule has 0 aromatic rings. The van der Waals surface area contributed by atoms with Crippen LogP contribution in [0.5, 0.6) is 0 Å². The summed E-state index contributed by atoms with van der Waals surface area (Å²) in [5.74, 6) is -0.995. The Hall–Kier alpha value is -4.45. The molecular weight excluding hydrogens is 877 g/mol. The second-order valence-corrected chi connectivity index (χ2v) is 18.7. The molecule has 0 fully saturated rings. The third-order valence-corrected chi connectivity index (χ3v) is 11.9. The van der Waals surface area contributed by atoms with Gasteiger partial charge in [-0.05, 0) is 89.9 Å². The molecule has 0 rings (SSSR count). The SMILES string of the molecule is CC\C=C/C=C\C=C/C=C\C=C\C=C/CCCCCC(=O)OCC(COC(=O)CCCCCCC\C=C/C=C\C=C/CCCCCCC)OC(=O)CCCCCCC/C=C\C=C/CCCCCCCCC. The third kappa shape index (κ3) is 56.3. The van der Waals surface area contributed by atoms with Crippen molar-refractivity contribution >= 4 is 17.9 Å². The quantitative estimate of drug-likeness (QED) is 0.0262. The Bertz CT molecular complexity index is 1550. The van der Waals surface area contributed by atoms with E-state index in [-0.39, 0.29) is 31.1 Å². The van der Waals surface area contributed by atoms with E-state index in [1.807, 2.05) is 60.8 Å². The molecule has 0 aliphatic carbocycles. The zero-order valence-electron chi connectivity index (χ0n) is 45.7. The minimum atomic E-state index is -0.820. The molecule has 1 atom stereocenters. The zero-order valence-corrected chi connectivity index (χ0v) is 45.7. The fourth-order valence-corrected chi connectivity index (χ4v) is 7.52. The first-order valence-electron chi connectivity index (χ1n) is 28.8. The summed E-state index contributed by atoms with van der Waals surface area (Å²) in [6.45, 7) is 6.40. The van der Waals surface area contributed by atoms with Crippen LogP contribution < -0.4 is 0 Å². The van der Waals surface area contributed by atoms with E-state index in [1.54, 1.807) is 0 Å². The molecule has 71 heavy (non-hydrogen) atoms. The molecule has 0 bridgehead atoms. The van der Waals surface area contributed by atoms with Gasteiger partial charge in [-0.15, -0.1) is 0 Å². The van der Waals surface area contributed by atoms with Crippen molar-refractivity contribution in [3.63, 3.8) is 0 Å². The second kappa shape index (κ2) is 58.1. The topological polar surface area (TPSA) is 78.9 Å². The molecular formula is C65H104O6. The Labute approximate surface area is 436 Å². The Morgan fingerprint density at radius 3 is 0.887 bits per heavy atom. The number of hydrogen-bond donors (Lipinski definition) is 0. The predicted molar refractivity (Wildman–Crippen MR) is 306 cm³/mol. The molecule has 0 radical (unpaired) electrons. The van der Waals surface area contributed by atoms with Crippen molar-refractivity contribution in [2.75, 3.05) is 13.2 Å². The molecule has 0 N–H and O–H groups in total. The standard InChI is InChI=1S/C65H104O6/c1-4-7-10-13-16-19-22-25-28-31-34-37-40-43-46-49-52-55-58-64(67)70-61-62(60-69-63(66)57-54-51-48-45-42-39-36-33-30-27-24-21-18-15-12-9-6-3)71-65(68)59-56-53-50-47-44-41-38-35-32-29-26-23-20-17-14-11-8-5-2/h9,12,15,18,21-22,24-25,27-39,42,62H,4-8,10-11,13-14,16-17,19-20,23,26,40-41,43-61H2,1-3H3/b12-9-,18-15-,24-21-,25-22-,30-27-,31-28-,32-29-,36-33+,37-34-,38-35-,42-39-. The average molecular weight is 982 g/mol. The van der Waals surface area contributed by atoms with Gasteiger partial charge in [-0.3, -0.25) is 14.4 Å². The summed E-state index contributed by atoms with van der Waals surface area (Å²) in [6, 6.07) is 0. The highest BCUT2D eigenvalue weighted by molar-refractivity contribution is 5.71. The van der Waals surface area contributed by atoms with Gasteiger partial charge in [0.25, 0.3) is 0 Å². The third-order valence-electron chi connectivity index (χ3n) is 11.9. The maximum absolute atomic E-state index is 12.9. The zero-order chi connectivity index (χ0) is 51.4. The van der Waals surface area contributed by atoms with Crippen LogP contribution in [0.25, 0.3) is 0 Å². The highest BCUT2D eigenvalue weighted by atomic mass is 16.6. The Morgan fingerprint density at radius 1 is 0.296 bits per heavy atom. The van der Waals surface area contributed by atoms with Crippen LogP contribution in [0, 0.1) is 0 Å². The summed E-state index contributed by atoms with van der Waals surface area (Å²) in [4.78, 5) is 38.2. The van der Waals surface area contributed by atoms with Gasteiger partial charge in [0.1, 0.15) is 13.2 Å². The number of ether oxygens (including phenoxy) is 3. The van der Waals surface area contributed by atoms with Crippen molar-refractivity contribution in [3.8, 4) is 0 Å². The summed E-state index contributed by atoms with van der Waals surface area (Å²) in [5, 5.41) is 0. The van der Waals surface area contributed by atoms with Gasteiger partial charge in [-0.25, -0.2) is 0 Å². The van der Waals surface area contributed by atoms with E-state index in [0.29, 0.717) is 19.3 Å². The van der Waals surface area contributed by atoms with Crippen molar-refractivity contribution in [1.29, 1.82) is 0 Å². The molecule has 0 aromatic heterocycles. The van der Waals surface area contributed by atoms with Crippen molar-refractivity contribution in [1.82, 2.24) is 0 Å². The Morgan fingerprint density at radius 2 is 0.549 bits per heavy atom. The van der Waals surface area contributed by atoms with Crippen molar-refractivity contribution in [2.45, 2.75) is 245 Å². The van der Waals surface area contributed by atoms with Crippen LogP contribution in [0.2, 0.25) is 0 Å². The van der Waals surface area contributed by atoms with Crippen LogP contribution >= 0.6 is 0 Å². The molecule has 1 unspecified atom stereocenters. The summed E-state index contributed by atoms with van der Waals surface area (Å²) >= 11 is 0. The molecule has 0 saturated heterocycles. The van der Waals surface area contributed by atoms with Crippen LogP contribution in [0.1, 0.15) is 239 Å². The molecule has 0 aliphatic heterocycles. The maximum Gasteiger partial charge on any atom is 0.306 e. The normalized spacial score (nSPS) is 13.1. The lowest BCUT2D eigenvalue weighted by molar-refractivity contribution is -0.167. The highest BCUT2D eigenvalue weighted by Gasteiger charge is 2.19. The van der Waals surface area contributed by atoms with Crippen LogP contribution in [-0.4, -0.2) is 37.2 Å². The summed E-state index contributed by atoms with van der Waals surface area (Å²) < 4.78 is 16.8. The Kier molecular flexibility index (Phi) is 54.5. The van der Waals surface area contributed by atoms with Gasteiger partial charge < -0.3 is 14.2 Å². The smallest absolute Gasteiger partial charge is 0.306 e. The lowest BCUT2D eigenvalue weighted by atomic mass is 10.1. The number of unbranched alkanes of at least 4 members (excludes halogenated alkanes) is 25. The molecule has 0 aromatic carbocycles. The summed E-state index contributed by atoms with van der Waals surface area (Å²) in [5.41, 5.74) is 0. The second-order valence-electron chi connectivity index (χ2n) is 18.7. The highest BCUT2D eigenvalue weighted by Crippen LogP contribution is 2.13. The van der Waals surface area contributed by atoms with E-state index in [2.05, 4.69) is 93.7 Å². The first-order chi connectivity index (χ1) is 35.0. The van der Waals surface area contributed by atoms with Gasteiger partial charge in [-0.2, -0.15) is 0 Å². The van der Waals surface area contributed by atoms with Gasteiger partial charge in [0.05, 0.1) is 0 Å². The average Bonchev–Trinajstić information content (AvgIpc) is 3.37. The minimum Gasteiger partial charge on any atom is -0.462 e. The van der Waals surface area contributed by atoms with E-state index >= 15 is 0 Å². The number of carbonyl (C=O) groups excluding carboxylic acids is 3. The van der Waals surface area contributed by atoms with E-state index in [4.69, 9.17) is 14.2 Å². The van der Waals surface area contributed by atoms with E-state index in [9.17, 15) is 14.4 Å². The van der Waals surface area contributed by atoms with Gasteiger partial charge in [-0.1, -0.05) is 264 Å². The van der Waals surface area contributed by atoms with E-state index in [1.165, 1.54) is 83.5 Å². The first-order valence-corrected chi connectivity index (χ1v) is 28.8. The van der Waals surface area contributed by atoms with Crippen molar-refractivity contribution in [2.24, 2.45) is 0 Å². The van der Waals surface area contributed by atoms with E-state index in [0.717, 1.165) is 116 Å². The predicted octanol–water partition coefficient (Wildman–Crippen LogP) is 19.4. The van der Waals surface area contributed by atoms with Crippen molar-refractivity contribution in [3.05, 3.63) is 134 Å². The van der Waals surface area contributed by atoms with Crippen LogP contribution in [-0.2, 0) is 28.6 Å². The number of hydrogen-bond acceptors (Lipinski definition) is 6. The summed E-state index contributed by atoms with van der Waals surface area (Å²) in [6.07, 6.45) is 81.4. The van der Waals surface area contributed by atoms with Crippen LogP contribution in [0.3, 0.4) is 0 Å². The molecule has 0 saturated carbocycles. The van der Waals surface area contributed by atoms with Crippen LogP contribution in [0.15, 0.2) is 134 Å². The minimum absolute atomic E-state index is 0.114. The number of esters is 3. The largest absolute Gasteiger partial charge is 0.462 e. The van der Waals surface area contributed by atoms with E-state index < -0.39 is 6.10 Å². The molecule has 400 valence electrons. The Balaban J connectivity index is 4.57. The molecule has 0 amide bonds.